The Kier molecular flexibility index (Phi) is 4.04. The Hall–Kier alpha value is -0.0800. The van der Waals surface area contributed by atoms with Gasteiger partial charge in [0.15, 0.2) is 0 Å². The third kappa shape index (κ3) is 3.18. The predicted molar refractivity (Wildman–Crippen MR) is 63.0 cm³/mol. The molecule has 0 aromatic rings. The van der Waals surface area contributed by atoms with Gasteiger partial charge in [0.05, 0.1) is 6.10 Å². The maximum Gasteiger partial charge on any atom is 0.0702 e. The Morgan fingerprint density at radius 3 is 2.40 bits per heavy atom. The lowest BCUT2D eigenvalue weighted by molar-refractivity contribution is 0.0485. The van der Waals surface area contributed by atoms with E-state index in [0.717, 1.165) is 19.1 Å². The van der Waals surface area contributed by atoms with Crippen LogP contribution in [0.2, 0.25) is 0 Å². The number of hydrogen-bond acceptors (Lipinski definition) is 2. The lowest BCUT2D eigenvalue weighted by Gasteiger charge is -2.35. The van der Waals surface area contributed by atoms with Gasteiger partial charge in [0.25, 0.3) is 0 Å². The summed E-state index contributed by atoms with van der Waals surface area (Å²) >= 11 is 0. The summed E-state index contributed by atoms with van der Waals surface area (Å²) in [6, 6.07) is 0.676. The van der Waals surface area contributed by atoms with Gasteiger partial charge in [-0.2, -0.15) is 0 Å². The molecule has 1 aliphatic heterocycles. The second-order valence-electron chi connectivity index (χ2n) is 5.48. The van der Waals surface area contributed by atoms with E-state index in [-0.39, 0.29) is 0 Å². The molecule has 1 heterocycles. The first-order valence-corrected chi connectivity index (χ1v) is 6.61. The quantitative estimate of drug-likeness (QED) is 0.693. The first-order chi connectivity index (χ1) is 7.25. The summed E-state index contributed by atoms with van der Waals surface area (Å²) in [5.41, 5.74) is 0. The number of ether oxygens (including phenoxy) is 1. The Morgan fingerprint density at radius 1 is 1.13 bits per heavy atom. The third-order valence-electron chi connectivity index (χ3n) is 3.91. The largest absolute Gasteiger partial charge is 0.377 e. The highest BCUT2D eigenvalue weighted by atomic mass is 16.5. The SMILES string of the molecule is CC(C)N(CC1CCC1)CC1CCCO1. The van der Waals surface area contributed by atoms with Crippen LogP contribution in [0.5, 0.6) is 0 Å². The highest BCUT2D eigenvalue weighted by Crippen LogP contribution is 2.28. The molecule has 0 N–H and O–H groups in total. The normalized spacial score (nSPS) is 27.6. The monoisotopic (exact) mass is 211 g/mol. The van der Waals surface area contributed by atoms with Crippen LogP contribution >= 0.6 is 0 Å². The summed E-state index contributed by atoms with van der Waals surface area (Å²) in [5, 5.41) is 0. The molecule has 1 atom stereocenters. The average Bonchev–Trinajstić information content (AvgIpc) is 2.60. The van der Waals surface area contributed by atoms with E-state index in [4.69, 9.17) is 4.74 Å². The average molecular weight is 211 g/mol. The highest BCUT2D eigenvalue weighted by molar-refractivity contribution is 4.78. The minimum Gasteiger partial charge on any atom is -0.377 e. The van der Waals surface area contributed by atoms with Gasteiger partial charge in [-0.3, -0.25) is 4.90 Å². The Bertz CT molecular complexity index is 183. The highest BCUT2D eigenvalue weighted by Gasteiger charge is 2.25. The molecule has 1 aliphatic carbocycles. The van der Waals surface area contributed by atoms with Crippen molar-refractivity contribution in [3.63, 3.8) is 0 Å². The standard InChI is InChI=1S/C13H25NO/c1-11(2)14(9-12-5-3-6-12)10-13-7-4-8-15-13/h11-13H,3-10H2,1-2H3. The van der Waals surface area contributed by atoms with Crippen LogP contribution in [0.1, 0.15) is 46.0 Å². The molecule has 0 aromatic heterocycles. The first-order valence-electron chi connectivity index (χ1n) is 6.61. The molecule has 2 heteroatoms. The summed E-state index contributed by atoms with van der Waals surface area (Å²) in [5.74, 6) is 0.980. The maximum absolute atomic E-state index is 5.73. The fourth-order valence-corrected chi connectivity index (χ4v) is 2.55. The molecule has 1 saturated heterocycles. The maximum atomic E-state index is 5.73. The van der Waals surface area contributed by atoms with Crippen molar-refractivity contribution in [3.05, 3.63) is 0 Å². The lowest BCUT2D eigenvalue weighted by atomic mass is 9.85. The number of hydrogen-bond donors (Lipinski definition) is 0. The van der Waals surface area contributed by atoms with Crippen molar-refractivity contribution in [2.45, 2.75) is 58.1 Å². The Balaban J connectivity index is 1.76. The third-order valence-corrected chi connectivity index (χ3v) is 3.91. The summed E-state index contributed by atoms with van der Waals surface area (Å²) in [4.78, 5) is 2.62. The molecule has 1 unspecified atom stereocenters. The van der Waals surface area contributed by atoms with Gasteiger partial charge in [-0.15, -0.1) is 0 Å². The van der Waals surface area contributed by atoms with Crippen LogP contribution in [0.25, 0.3) is 0 Å². The molecule has 1 saturated carbocycles. The molecule has 0 aromatic carbocycles. The van der Waals surface area contributed by atoms with Gasteiger partial charge in [0.1, 0.15) is 0 Å². The molecule has 15 heavy (non-hydrogen) atoms. The van der Waals surface area contributed by atoms with E-state index >= 15 is 0 Å². The minimum atomic E-state index is 0.521. The molecule has 88 valence electrons. The molecule has 0 radical (unpaired) electrons. The Morgan fingerprint density at radius 2 is 1.93 bits per heavy atom. The first kappa shape index (κ1) is 11.4. The Labute approximate surface area is 94.0 Å². The van der Waals surface area contributed by atoms with Crippen molar-refractivity contribution >= 4 is 0 Å². The van der Waals surface area contributed by atoms with Crippen molar-refractivity contribution in [2.75, 3.05) is 19.7 Å². The van der Waals surface area contributed by atoms with Crippen molar-refractivity contribution in [1.82, 2.24) is 4.90 Å². The van der Waals surface area contributed by atoms with E-state index < -0.39 is 0 Å². The summed E-state index contributed by atoms with van der Waals surface area (Å²) in [6.45, 7) is 8.08. The van der Waals surface area contributed by atoms with E-state index in [1.165, 1.54) is 38.6 Å². The van der Waals surface area contributed by atoms with Crippen LogP contribution in [0.15, 0.2) is 0 Å². The van der Waals surface area contributed by atoms with E-state index in [9.17, 15) is 0 Å². The molecule has 2 nitrogen and oxygen atoms in total. The van der Waals surface area contributed by atoms with Gasteiger partial charge < -0.3 is 4.74 Å². The lowest BCUT2D eigenvalue weighted by Crippen LogP contribution is -2.41. The number of nitrogens with zero attached hydrogens (tertiary/aromatic N) is 1. The van der Waals surface area contributed by atoms with E-state index in [0.29, 0.717) is 12.1 Å². The van der Waals surface area contributed by atoms with Crippen LogP contribution in [0.3, 0.4) is 0 Å². The fraction of sp³-hybridized carbons (Fsp3) is 1.00. The van der Waals surface area contributed by atoms with Gasteiger partial charge >= 0.3 is 0 Å². The zero-order valence-electron chi connectivity index (χ0n) is 10.2. The second-order valence-corrected chi connectivity index (χ2v) is 5.48. The zero-order valence-corrected chi connectivity index (χ0v) is 10.2. The van der Waals surface area contributed by atoms with Gasteiger partial charge in [-0.1, -0.05) is 6.42 Å². The van der Waals surface area contributed by atoms with Crippen molar-refractivity contribution in [2.24, 2.45) is 5.92 Å². The van der Waals surface area contributed by atoms with E-state index in [1.54, 1.807) is 0 Å². The van der Waals surface area contributed by atoms with Gasteiger partial charge in [-0.25, -0.2) is 0 Å². The van der Waals surface area contributed by atoms with Crippen molar-refractivity contribution in [3.8, 4) is 0 Å². The molecule has 0 spiro atoms. The molecule has 2 fully saturated rings. The second kappa shape index (κ2) is 5.31. The molecule has 0 amide bonds. The minimum absolute atomic E-state index is 0.521. The van der Waals surface area contributed by atoms with E-state index in [1.807, 2.05) is 0 Å². The molecule has 2 aliphatic rings. The molecule has 0 bridgehead atoms. The van der Waals surface area contributed by atoms with E-state index in [2.05, 4.69) is 18.7 Å². The predicted octanol–water partition coefficient (Wildman–Crippen LogP) is 2.68. The molecular formula is C13H25NO. The summed E-state index contributed by atoms with van der Waals surface area (Å²) < 4.78 is 5.73. The van der Waals surface area contributed by atoms with Crippen LogP contribution < -0.4 is 0 Å². The smallest absolute Gasteiger partial charge is 0.0702 e. The van der Waals surface area contributed by atoms with Crippen molar-refractivity contribution < 1.29 is 4.74 Å². The topological polar surface area (TPSA) is 12.5 Å². The zero-order chi connectivity index (χ0) is 10.7. The molecule has 2 rings (SSSR count). The summed E-state index contributed by atoms with van der Waals surface area (Å²) in [6.07, 6.45) is 7.42. The van der Waals surface area contributed by atoms with Gasteiger partial charge in [0, 0.05) is 25.7 Å². The van der Waals surface area contributed by atoms with Crippen LogP contribution in [0, 0.1) is 5.92 Å². The van der Waals surface area contributed by atoms with Gasteiger partial charge in [0.2, 0.25) is 0 Å². The van der Waals surface area contributed by atoms with Gasteiger partial charge in [-0.05, 0) is 45.4 Å². The van der Waals surface area contributed by atoms with Crippen LogP contribution in [0.4, 0.5) is 0 Å². The molecular weight excluding hydrogens is 186 g/mol. The fourth-order valence-electron chi connectivity index (χ4n) is 2.55. The van der Waals surface area contributed by atoms with Crippen LogP contribution in [-0.2, 0) is 4.74 Å². The number of rotatable bonds is 5. The van der Waals surface area contributed by atoms with Crippen molar-refractivity contribution in [1.29, 1.82) is 0 Å². The summed E-state index contributed by atoms with van der Waals surface area (Å²) in [7, 11) is 0. The van der Waals surface area contributed by atoms with Crippen LogP contribution in [-0.4, -0.2) is 36.7 Å².